The third kappa shape index (κ3) is 4.18. The summed E-state index contributed by atoms with van der Waals surface area (Å²) >= 11 is 0. The summed E-state index contributed by atoms with van der Waals surface area (Å²) in [6.07, 6.45) is 6.16. The first kappa shape index (κ1) is 17.5. The van der Waals surface area contributed by atoms with Crippen LogP contribution in [0, 0.1) is 0 Å². The highest BCUT2D eigenvalue weighted by Crippen LogP contribution is 2.38. The van der Waals surface area contributed by atoms with E-state index in [1.807, 2.05) is 32.9 Å². The van der Waals surface area contributed by atoms with Gasteiger partial charge in [-0.3, -0.25) is 9.78 Å². The Morgan fingerprint density at radius 2 is 2.04 bits per heavy atom. The quantitative estimate of drug-likeness (QED) is 0.783. The Morgan fingerprint density at radius 1 is 1.32 bits per heavy atom. The van der Waals surface area contributed by atoms with Crippen LogP contribution in [0.4, 0.5) is 4.79 Å². The predicted octanol–water partition coefficient (Wildman–Crippen LogP) is 3.18. The molecule has 134 valence electrons. The maximum Gasteiger partial charge on any atom is 0.410 e. The lowest BCUT2D eigenvalue weighted by atomic mass is 9.84. The summed E-state index contributed by atoms with van der Waals surface area (Å²) in [5, 5.41) is 0. The van der Waals surface area contributed by atoms with E-state index in [4.69, 9.17) is 9.47 Å². The van der Waals surface area contributed by atoms with Crippen LogP contribution in [0.15, 0.2) is 30.6 Å². The molecule has 2 aliphatic rings. The molecule has 1 aromatic heterocycles. The highest BCUT2D eigenvalue weighted by molar-refractivity contribution is 5.97. The van der Waals surface area contributed by atoms with Crippen LogP contribution >= 0.6 is 0 Å². The molecular weight excluding hydrogens is 320 g/mol. The van der Waals surface area contributed by atoms with E-state index in [0.29, 0.717) is 38.1 Å². The molecule has 3 rings (SSSR count). The van der Waals surface area contributed by atoms with E-state index in [0.717, 1.165) is 5.56 Å². The molecule has 0 unspecified atom stereocenters. The number of amides is 1. The zero-order valence-electron chi connectivity index (χ0n) is 14.9. The number of nitrogens with zero attached hydrogens (tertiary/aromatic N) is 2. The first-order valence-electron chi connectivity index (χ1n) is 8.58. The number of likely N-dealkylation sites (tertiary alicyclic amines) is 1. The average Bonchev–Trinajstić information content (AvgIpc) is 2.54. The Labute approximate surface area is 147 Å². The lowest BCUT2D eigenvalue weighted by Crippen LogP contribution is -2.50. The van der Waals surface area contributed by atoms with Crippen molar-refractivity contribution in [2.75, 3.05) is 13.1 Å². The van der Waals surface area contributed by atoms with Crippen molar-refractivity contribution in [2.24, 2.45) is 0 Å². The summed E-state index contributed by atoms with van der Waals surface area (Å²) in [6.45, 7) is 6.59. The Balaban J connectivity index is 1.68. The molecule has 0 aliphatic carbocycles. The van der Waals surface area contributed by atoms with E-state index in [9.17, 15) is 9.59 Å². The van der Waals surface area contributed by atoms with Gasteiger partial charge in [-0.2, -0.15) is 0 Å². The Kier molecular flexibility index (Phi) is 4.54. The number of allylic oxidation sites excluding steroid dienone is 1. The van der Waals surface area contributed by atoms with Gasteiger partial charge in [0, 0.05) is 50.0 Å². The first-order valence-corrected chi connectivity index (χ1v) is 8.58. The lowest BCUT2D eigenvalue weighted by molar-refractivity contribution is -0.123. The van der Waals surface area contributed by atoms with Gasteiger partial charge in [-0.05, 0) is 32.9 Å². The SMILES string of the molecule is CC(C)(C)OC(=O)N1CCC2(CC1)CC(=O)C=C(c1cccnc1)O2. The molecule has 0 aromatic carbocycles. The maximum absolute atomic E-state index is 12.2. The van der Waals surface area contributed by atoms with Crippen molar-refractivity contribution in [1.29, 1.82) is 0 Å². The highest BCUT2D eigenvalue weighted by Gasteiger charge is 2.43. The fourth-order valence-corrected chi connectivity index (χ4v) is 3.17. The fraction of sp³-hybridized carbons (Fsp3) is 0.526. The summed E-state index contributed by atoms with van der Waals surface area (Å²) in [6, 6.07) is 3.69. The average molecular weight is 344 g/mol. The van der Waals surface area contributed by atoms with Crippen LogP contribution < -0.4 is 0 Å². The fourth-order valence-electron chi connectivity index (χ4n) is 3.17. The molecule has 6 nitrogen and oxygen atoms in total. The molecule has 2 aliphatic heterocycles. The molecule has 0 bridgehead atoms. The Morgan fingerprint density at radius 3 is 2.64 bits per heavy atom. The molecule has 6 heteroatoms. The van der Waals surface area contributed by atoms with E-state index >= 15 is 0 Å². The van der Waals surface area contributed by atoms with Crippen LogP contribution in [0.1, 0.15) is 45.6 Å². The number of pyridine rings is 1. The number of aromatic nitrogens is 1. The summed E-state index contributed by atoms with van der Waals surface area (Å²) in [7, 11) is 0. The number of ether oxygens (including phenoxy) is 2. The van der Waals surface area contributed by atoms with Crippen LogP contribution in [0.2, 0.25) is 0 Å². The van der Waals surface area contributed by atoms with Crippen molar-refractivity contribution in [2.45, 2.75) is 51.2 Å². The molecule has 1 saturated heterocycles. The summed E-state index contributed by atoms with van der Waals surface area (Å²) < 4.78 is 11.6. The second-order valence-corrected chi connectivity index (χ2v) is 7.65. The van der Waals surface area contributed by atoms with Crippen molar-refractivity contribution in [3.63, 3.8) is 0 Å². The van der Waals surface area contributed by atoms with Gasteiger partial charge in [0.15, 0.2) is 5.78 Å². The molecule has 1 fully saturated rings. The minimum atomic E-state index is -0.546. The minimum Gasteiger partial charge on any atom is -0.486 e. The van der Waals surface area contributed by atoms with Gasteiger partial charge in [0.1, 0.15) is 17.0 Å². The molecular formula is C19H24N2O4. The topological polar surface area (TPSA) is 68.7 Å². The van der Waals surface area contributed by atoms with E-state index in [1.165, 1.54) is 0 Å². The zero-order chi connectivity index (χ0) is 18.1. The summed E-state index contributed by atoms with van der Waals surface area (Å²) in [5.41, 5.74) is -0.264. The van der Waals surface area contributed by atoms with Crippen LogP contribution in [-0.4, -0.2) is 46.1 Å². The number of rotatable bonds is 1. The zero-order valence-corrected chi connectivity index (χ0v) is 14.9. The van der Waals surface area contributed by atoms with Crippen molar-refractivity contribution >= 4 is 17.6 Å². The van der Waals surface area contributed by atoms with Crippen molar-refractivity contribution in [3.05, 3.63) is 36.2 Å². The molecule has 25 heavy (non-hydrogen) atoms. The van der Waals surface area contributed by atoms with E-state index < -0.39 is 11.2 Å². The van der Waals surface area contributed by atoms with Crippen molar-refractivity contribution in [1.82, 2.24) is 9.88 Å². The maximum atomic E-state index is 12.2. The number of hydrogen-bond donors (Lipinski definition) is 0. The number of hydrogen-bond acceptors (Lipinski definition) is 5. The molecule has 0 N–H and O–H groups in total. The van der Waals surface area contributed by atoms with Gasteiger partial charge in [-0.25, -0.2) is 4.79 Å². The highest BCUT2D eigenvalue weighted by atomic mass is 16.6. The smallest absolute Gasteiger partial charge is 0.410 e. The van der Waals surface area contributed by atoms with Gasteiger partial charge >= 0.3 is 6.09 Å². The second kappa shape index (κ2) is 6.50. The van der Waals surface area contributed by atoms with Crippen LogP contribution in [-0.2, 0) is 14.3 Å². The van der Waals surface area contributed by atoms with Gasteiger partial charge in [0.25, 0.3) is 0 Å². The Hall–Kier alpha value is -2.37. The van der Waals surface area contributed by atoms with Gasteiger partial charge < -0.3 is 14.4 Å². The normalized spacial score (nSPS) is 20.0. The van der Waals surface area contributed by atoms with Gasteiger partial charge in [0.2, 0.25) is 0 Å². The van der Waals surface area contributed by atoms with Gasteiger partial charge in [0.05, 0.1) is 6.42 Å². The molecule has 1 amide bonds. The molecule has 0 radical (unpaired) electrons. The van der Waals surface area contributed by atoms with Crippen molar-refractivity contribution in [3.8, 4) is 0 Å². The van der Waals surface area contributed by atoms with E-state index in [-0.39, 0.29) is 11.9 Å². The molecule has 1 spiro atoms. The van der Waals surface area contributed by atoms with E-state index in [2.05, 4.69) is 4.98 Å². The lowest BCUT2D eigenvalue weighted by Gasteiger charge is -2.43. The molecule has 0 atom stereocenters. The third-order valence-corrected chi connectivity index (χ3v) is 4.39. The minimum absolute atomic E-state index is 0.0517. The van der Waals surface area contributed by atoms with Crippen LogP contribution in [0.3, 0.4) is 0 Å². The number of piperidine rings is 1. The largest absolute Gasteiger partial charge is 0.486 e. The van der Waals surface area contributed by atoms with Crippen LogP contribution in [0.5, 0.6) is 0 Å². The summed E-state index contributed by atoms with van der Waals surface area (Å²) in [5.74, 6) is 0.617. The van der Waals surface area contributed by atoms with Gasteiger partial charge in [-0.1, -0.05) is 0 Å². The molecule has 1 aromatic rings. The van der Waals surface area contributed by atoms with Crippen LogP contribution in [0.25, 0.3) is 5.76 Å². The van der Waals surface area contributed by atoms with E-state index in [1.54, 1.807) is 23.4 Å². The Bertz CT molecular complexity index is 683. The number of carbonyl (C=O) groups is 2. The molecule has 3 heterocycles. The predicted molar refractivity (Wildman–Crippen MR) is 92.7 cm³/mol. The third-order valence-electron chi connectivity index (χ3n) is 4.39. The second-order valence-electron chi connectivity index (χ2n) is 7.65. The number of carbonyl (C=O) groups excluding carboxylic acids is 2. The number of ketones is 1. The summed E-state index contributed by atoms with van der Waals surface area (Å²) in [4.78, 5) is 30.2. The van der Waals surface area contributed by atoms with Crippen molar-refractivity contribution < 1.29 is 19.1 Å². The first-order chi connectivity index (χ1) is 11.8. The molecule has 0 saturated carbocycles. The van der Waals surface area contributed by atoms with Gasteiger partial charge in [-0.15, -0.1) is 0 Å². The standard InChI is InChI=1S/C19H24N2O4/c1-18(2,3)25-17(23)21-9-6-19(7-10-21)12-15(22)11-16(24-19)14-5-4-8-20-13-14/h4-5,8,11,13H,6-7,9-10,12H2,1-3H3. The monoisotopic (exact) mass is 344 g/mol.